The zero-order valence-electron chi connectivity index (χ0n) is 17.0. The summed E-state index contributed by atoms with van der Waals surface area (Å²) in [7, 11) is 2.18. The second kappa shape index (κ2) is 7.63. The van der Waals surface area contributed by atoms with E-state index in [1.54, 1.807) is 0 Å². The smallest absolute Gasteiger partial charge is 0.227 e. The summed E-state index contributed by atoms with van der Waals surface area (Å²) < 4.78 is 2.28. The first-order valence-corrected chi connectivity index (χ1v) is 10.6. The minimum atomic E-state index is 0.187. The molecule has 0 saturated carbocycles. The molecule has 0 spiro atoms. The number of likely N-dealkylation sites (N-methyl/N-ethyl adjacent to an activating group) is 1. The summed E-state index contributed by atoms with van der Waals surface area (Å²) in [5.74, 6) is 2.77. The van der Waals surface area contributed by atoms with Gasteiger partial charge in [0.05, 0.1) is 6.42 Å². The maximum atomic E-state index is 13.0. The van der Waals surface area contributed by atoms with Crippen molar-refractivity contribution in [3.63, 3.8) is 0 Å². The van der Waals surface area contributed by atoms with E-state index in [2.05, 4.69) is 37.8 Å². The van der Waals surface area contributed by atoms with Gasteiger partial charge >= 0.3 is 0 Å². The van der Waals surface area contributed by atoms with Gasteiger partial charge in [-0.2, -0.15) is 0 Å². The van der Waals surface area contributed by atoms with Gasteiger partial charge in [0.25, 0.3) is 0 Å². The van der Waals surface area contributed by atoms with Crippen LogP contribution in [0.15, 0.2) is 30.5 Å². The van der Waals surface area contributed by atoms with E-state index >= 15 is 0 Å². The summed E-state index contributed by atoms with van der Waals surface area (Å²) in [6.07, 6.45) is 5.55. The first kappa shape index (κ1) is 18.4. The van der Waals surface area contributed by atoms with Crippen molar-refractivity contribution in [2.75, 3.05) is 33.2 Å². The van der Waals surface area contributed by atoms with Crippen molar-refractivity contribution in [1.82, 2.24) is 29.5 Å². The van der Waals surface area contributed by atoms with Gasteiger partial charge in [0, 0.05) is 55.6 Å². The van der Waals surface area contributed by atoms with Crippen LogP contribution in [-0.4, -0.2) is 68.7 Å². The van der Waals surface area contributed by atoms with E-state index in [4.69, 9.17) is 0 Å². The third-order valence-corrected chi connectivity index (χ3v) is 6.41. The zero-order valence-corrected chi connectivity index (χ0v) is 17.0. The van der Waals surface area contributed by atoms with Gasteiger partial charge in [0.1, 0.15) is 11.6 Å². The van der Waals surface area contributed by atoms with Gasteiger partial charge in [-0.1, -0.05) is 18.2 Å². The molecular formula is C22H28N6O. The van der Waals surface area contributed by atoms with E-state index in [1.807, 2.05) is 29.3 Å². The molecule has 0 unspecified atom stereocenters. The fourth-order valence-corrected chi connectivity index (χ4v) is 4.83. The Kier molecular flexibility index (Phi) is 4.83. The van der Waals surface area contributed by atoms with Crippen LogP contribution in [0.2, 0.25) is 0 Å². The van der Waals surface area contributed by atoms with Crippen LogP contribution in [0, 0.1) is 0 Å². The molecule has 3 aromatic rings. The normalized spacial score (nSPS) is 20.6. The number of H-pyrrole nitrogens is 1. The molecule has 152 valence electrons. The summed E-state index contributed by atoms with van der Waals surface area (Å²) in [6, 6.07) is 8.15. The minimum Gasteiger partial charge on any atom is -0.361 e. The van der Waals surface area contributed by atoms with Gasteiger partial charge in [0.2, 0.25) is 5.91 Å². The van der Waals surface area contributed by atoms with Gasteiger partial charge in [-0.05, 0) is 38.1 Å². The highest BCUT2D eigenvalue weighted by Crippen LogP contribution is 2.26. The van der Waals surface area contributed by atoms with Gasteiger partial charge in [0.15, 0.2) is 0 Å². The van der Waals surface area contributed by atoms with Crippen LogP contribution in [0.5, 0.6) is 0 Å². The molecule has 2 aromatic heterocycles. The molecular weight excluding hydrogens is 364 g/mol. The predicted molar refractivity (Wildman–Crippen MR) is 112 cm³/mol. The van der Waals surface area contributed by atoms with Crippen LogP contribution < -0.4 is 0 Å². The molecule has 0 radical (unpaired) electrons. The molecule has 1 N–H and O–H groups in total. The zero-order chi connectivity index (χ0) is 19.8. The number of aromatic nitrogens is 4. The van der Waals surface area contributed by atoms with Crippen molar-refractivity contribution in [2.24, 2.45) is 0 Å². The number of piperidine rings is 1. The van der Waals surface area contributed by atoms with Crippen LogP contribution in [-0.2, 0) is 24.2 Å². The van der Waals surface area contributed by atoms with Crippen LogP contribution in [0.3, 0.4) is 0 Å². The van der Waals surface area contributed by atoms with Crippen molar-refractivity contribution in [3.8, 4) is 0 Å². The Balaban J connectivity index is 1.29. The number of fused-ring (bicyclic) bond motifs is 2. The van der Waals surface area contributed by atoms with Crippen LogP contribution in [0.25, 0.3) is 10.9 Å². The molecule has 5 rings (SSSR count). The van der Waals surface area contributed by atoms with Crippen LogP contribution >= 0.6 is 0 Å². The van der Waals surface area contributed by atoms with Crippen molar-refractivity contribution in [1.29, 1.82) is 0 Å². The number of para-hydroxylation sites is 1. The highest BCUT2D eigenvalue weighted by Gasteiger charge is 2.28. The van der Waals surface area contributed by atoms with Crippen molar-refractivity contribution in [2.45, 2.75) is 38.1 Å². The minimum absolute atomic E-state index is 0.187. The number of rotatable bonds is 3. The fourth-order valence-electron chi connectivity index (χ4n) is 4.83. The largest absolute Gasteiger partial charge is 0.361 e. The average Bonchev–Trinajstić information content (AvgIpc) is 3.26. The summed E-state index contributed by atoms with van der Waals surface area (Å²) in [5, 5.41) is 10.2. The molecule has 7 nitrogen and oxygen atoms in total. The topological polar surface area (TPSA) is 70.1 Å². The van der Waals surface area contributed by atoms with Crippen molar-refractivity contribution < 1.29 is 4.79 Å². The first-order chi connectivity index (χ1) is 14.2. The molecule has 0 bridgehead atoms. The number of carbonyl (C=O) groups excluding carboxylic acids is 1. The highest BCUT2D eigenvalue weighted by atomic mass is 16.2. The van der Waals surface area contributed by atoms with E-state index in [1.165, 1.54) is 12.8 Å². The Morgan fingerprint density at radius 3 is 2.97 bits per heavy atom. The summed E-state index contributed by atoms with van der Waals surface area (Å²) in [4.78, 5) is 20.7. The Hall–Kier alpha value is -2.67. The maximum absolute atomic E-state index is 13.0. The van der Waals surface area contributed by atoms with Gasteiger partial charge < -0.3 is 19.4 Å². The van der Waals surface area contributed by atoms with Gasteiger partial charge in [-0.3, -0.25) is 4.79 Å². The van der Waals surface area contributed by atoms with Crippen molar-refractivity contribution >= 4 is 16.8 Å². The number of nitrogens with zero attached hydrogens (tertiary/aromatic N) is 5. The van der Waals surface area contributed by atoms with E-state index < -0.39 is 0 Å². The second-order valence-corrected chi connectivity index (χ2v) is 8.39. The van der Waals surface area contributed by atoms with Crippen LogP contribution in [0.4, 0.5) is 0 Å². The lowest BCUT2D eigenvalue weighted by Crippen LogP contribution is -2.35. The molecule has 1 fully saturated rings. The number of carbonyl (C=O) groups is 1. The monoisotopic (exact) mass is 392 g/mol. The predicted octanol–water partition coefficient (Wildman–Crippen LogP) is 2.20. The molecule has 1 amide bonds. The summed E-state index contributed by atoms with van der Waals surface area (Å²) in [5.41, 5.74) is 2.15. The molecule has 1 aromatic carbocycles. The van der Waals surface area contributed by atoms with Gasteiger partial charge in [-0.15, -0.1) is 10.2 Å². The number of likely N-dealkylation sites (tertiary alicyclic amines) is 1. The number of amides is 1. The van der Waals surface area contributed by atoms with E-state index in [0.29, 0.717) is 18.9 Å². The molecule has 4 heterocycles. The van der Waals surface area contributed by atoms with Crippen LogP contribution in [0.1, 0.15) is 36.0 Å². The SMILES string of the molecule is CN1CCC[C@H](c2nnc3n2CCN(C(=O)Cc2c[nH]c4ccccc24)CC3)C1. The van der Waals surface area contributed by atoms with E-state index in [-0.39, 0.29) is 5.91 Å². The van der Waals surface area contributed by atoms with E-state index in [0.717, 1.165) is 60.7 Å². The Morgan fingerprint density at radius 2 is 2.07 bits per heavy atom. The standard InChI is InChI=1S/C22H28N6O/c1-26-9-4-5-16(15-26)22-25-24-20-8-10-27(11-12-28(20)22)21(29)13-17-14-23-19-7-3-2-6-18(17)19/h2-3,6-7,14,16,23H,4-5,8-13,15H2,1H3/t16-/m0/s1. The quantitative estimate of drug-likeness (QED) is 0.742. The fraction of sp³-hybridized carbons (Fsp3) is 0.500. The Labute approximate surface area is 170 Å². The molecule has 2 aliphatic rings. The molecule has 1 atom stereocenters. The third kappa shape index (κ3) is 3.55. The number of hydrogen-bond acceptors (Lipinski definition) is 4. The lowest BCUT2D eigenvalue weighted by molar-refractivity contribution is -0.130. The number of aromatic amines is 1. The Bertz CT molecular complexity index is 1020. The second-order valence-electron chi connectivity index (χ2n) is 8.39. The van der Waals surface area contributed by atoms with E-state index in [9.17, 15) is 4.79 Å². The molecule has 29 heavy (non-hydrogen) atoms. The first-order valence-electron chi connectivity index (χ1n) is 10.6. The van der Waals surface area contributed by atoms with Crippen molar-refractivity contribution in [3.05, 3.63) is 47.7 Å². The lowest BCUT2D eigenvalue weighted by Gasteiger charge is -2.29. The molecule has 7 heteroatoms. The number of benzene rings is 1. The lowest BCUT2D eigenvalue weighted by atomic mass is 9.97. The Morgan fingerprint density at radius 1 is 1.17 bits per heavy atom. The molecule has 0 aliphatic carbocycles. The molecule has 1 saturated heterocycles. The average molecular weight is 393 g/mol. The number of nitrogens with one attached hydrogen (secondary N) is 1. The highest BCUT2D eigenvalue weighted by molar-refractivity contribution is 5.88. The summed E-state index contributed by atoms with van der Waals surface area (Å²) >= 11 is 0. The summed E-state index contributed by atoms with van der Waals surface area (Å²) in [6.45, 7) is 4.43. The third-order valence-electron chi connectivity index (χ3n) is 6.41. The van der Waals surface area contributed by atoms with Gasteiger partial charge in [-0.25, -0.2) is 0 Å². The number of hydrogen-bond donors (Lipinski definition) is 1. The molecule has 2 aliphatic heterocycles. The maximum Gasteiger partial charge on any atom is 0.227 e.